The fourth-order valence-corrected chi connectivity index (χ4v) is 4.44. The van der Waals surface area contributed by atoms with Gasteiger partial charge in [-0.25, -0.2) is 4.98 Å². The van der Waals surface area contributed by atoms with Crippen molar-refractivity contribution in [1.29, 1.82) is 0 Å². The third-order valence-corrected chi connectivity index (χ3v) is 6.81. The molecule has 1 N–H and O–H groups in total. The number of carbonyl (C=O) groups is 2. The second-order valence-corrected chi connectivity index (χ2v) is 9.36. The number of halogens is 2. The van der Waals surface area contributed by atoms with Crippen LogP contribution >= 0.6 is 34.5 Å². The summed E-state index contributed by atoms with van der Waals surface area (Å²) in [4.78, 5) is 35.3. The Balaban J connectivity index is 1.26. The zero-order chi connectivity index (χ0) is 23.4. The summed E-state index contributed by atoms with van der Waals surface area (Å²) in [5.41, 5.74) is 1.14. The summed E-state index contributed by atoms with van der Waals surface area (Å²) in [5.74, 6) is 0.649. The first-order valence-corrected chi connectivity index (χ1v) is 12.0. The van der Waals surface area contributed by atoms with Crippen LogP contribution in [0.4, 0.5) is 10.8 Å². The maximum Gasteiger partial charge on any atom is 0.273 e. The minimum absolute atomic E-state index is 0.0173. The van der Waals surface area contributed by atoms with Crippen LogP contribution in [-0.4, -0.2) is 71.3 Å². The molecule has 0 unspecified atom stereocenters. The lowest BCUT2D eigenvalue weighted by Crippen LogP contribution is -2.51. The summed E-state index contributed by atoms with van der Waals surface area (Å²) in [6, 6.07) is 8.85. The number of aromatic nitrogens is 1. The number of anilines is 2. The first-order valence-electron chi connectivity index (χ1n) is 10.3. The number of carbonyl (C=O) groups excluding carboxylic acids is 2. The Morgan fingerprint density at radius 2 is 1.97 bits per heavy atom. The fourth-order valence-electron chi connectivity index (χ4n) is 3.43. The van der Waals surface area contributed by atoms with Gasteiger partial charge in [-0.1, -0.05) is 23.2 Å². The third-order valence-electron chi connectivity index (χ3n) is 5.31. The van der Waals surface area contributed by atoms with Crippen molar-refractivity contribution in [2.45, 2.75) is 6.54 Å². The topological polar surface area (TPSA) is 81.9 Å². The predicted molar refractivity (Wildman–Crippen MR) is 129 cm³/mol. The Labute approximate surface area is 205 Å². The van der Waals surface area contributed by atoms with Crippen LogP contribution in [0.3, 0.4) is 0 Å². The maximum atomic E-state index is 12.9. The average Bonchev–Trinajstić information content (AvgIpc) is 3.48. The average molecular weight is 508 g/mol. The Bertz CT molecular complexity index is 1110. The Hall–Kier alpha value is -2.59. The van der Waals surface area contributed by atoms with E-state index < -0.39 is 0 Å². The fraction of sp³-hybridized carbons (Fsp3) is 0.318. The molecule has 1 aliphatic rings. The van der Waals surface area contributed by atoms with E-state index in [0.717, 1.165) is 11.4 Å². The maximum absolute atomic E-state index is 12.9. The van der Waals surface area contributed by atoms with Crippen LogP contribution in [0, 0.1) is 0 Å². The lowest BCUT2D eigenvalue weighted by atomic mass is 10.2. The summed E-state index contributed by atoms with van der Waals surface area (Å²) in [6.45, 7) is 3.09. The molecule has 0 aliphatic carbocycles. The molecule has 0 bridgehead atoms. The van der Waals surface area contributed by atoms with Crippen molar-refractivity contribution in [2.24, 2.45) is 0 Å². The van der Waals surface area contributed by atoms with Crippen molar-refractivity contribution in [3.05, 3.63) is 63.5 Å². The first-order chi connectivity index (χ1) is 15.9. The van der Waals surface area contributed by atoms with Gasteiger partial charge in [-0.15, -0.1) is 11.3 Å². The van der Waals surface area contributed by atoms with Crippen LogP contribution in [-0.2, 0) is 11.3 Å². The molecule has 1 aliphatic heterocycles. The lowest BCUT2D eigenvalue weighted by Gasteiger charge is -2.34. The third kappa shape index (κ3) is 6.05. The number of furan rings is 1. The number of nitrogens with zero attached hydrogens (tertiary/aromatic N) is 4. The van der Waals surface area contributed by atoms with Gasteiger partial charge in [0, 0.05) is 44.3 Å². The molecule has 2 aromatic heterocycles. The van der Waals surface area contributed by atoms with Gasteiger partial charge in [0.25, 0.3) is 5.91 Å². The molecule has 33 heavy (non-hydrogen) atoms. The van der Waals surface area contributed by atoms with Crippen LogP contribution < -0.4 is 5.32 Å². The largest absolute Gasteiger partial charge is 0.467 e. The highest BCUT2D eigenvalue weighted by Crippen LogP contribution is 2.28. The Kier molecular flexibility index (Phi) is 7.54. The molecule has 3 aromatic rings. The van der Waals surface area contributed by atoms with Gasteiger partial charge >= 0.3 is 0 Å². The number of amides is 2. The summed E-state index contributed by atoms with van der Waals surface area (Å²) in [7, 11) is 1.76. The number of likely N-dealkylation sites (N-methyl/N-ethyl adjacent to an activating group) is 1. The SMILES string of the molecule is CN(Cc1ccco1)C(=O)CN1CCN(C(=O)c2csc(Nc3ccc(Cl)c(Cl)c3)n2)CC1. The molecule has 0 saturated carbocycles. The second-order valence-electron chi connectivity index (χ2n) is 7.69. The number of nitrogens with one attached hydrogen (secondary N) is 1. The predicted octanol–water partition coefficient (Wildman–Crippen LogP) is 4.20. The van der Waals surface area contributed by atoms with Gasteiger partial charge in [0.1, 0.15) is 11.5 Å². The standard InChI is InChI=1S/C22H23Cl2N5O3S/c1-27(12-16-3-2-10-32-16)20(30)13-28-6-8-29(9-7-28)21(31)19-14-33-22(26-19)25-15-4-5-17(23)18(24)11-15/h2-5,10-11,14H,6-9,12-13H2,1H3,(H,25,26). The molecule has 3 heterocycles. The molecule has 1 aromatic carbocycles. The molecule has 174 valence electrons. The summed E-state index contributed by atoms with van der Waals surface area (Å²) in [5, 5.41) is 6.39. The number of benzene rings is 1. The number of hydrogen-bond acceptors (Lipinski definition) is 7. The van der Waals surface area contributed by atoms with Crippen LogP contribution in [0.25, 0.3) is 0 Å². The summed E-state index contributed by atoms with van der Waals surface area (Å²) >= 11 is 13.3. The highest BCUT2D eigenvalue weighted by Gasteiger charge is 2.25. The van der Waals surface area contributed by atoms with Crippen molar-refractivity contribution in [3.8, 4) is 0 Å². The van der Waals surface area contributed by atoms with Crippen LogP contribution in [0.1, 0.15) is 16.2 Å². The summed E-state index contributed by atoms with van der Waals surface area (Å²) < 4.78 is 5.30. The normalized spacial score (nSPS) is 14.3. The van der Waals surface area contributed by atoms with Gasteiger partial charge in [0.15, 0.2) is 5.13 Å². The molecule has 1 fully saturated rings. The molecule has 11 heteroatoms. The van der Waals surface area contributed by atoms with Crippen molar-refractivity contribution in [1.82, 2.24) is 19.7 Å². The van der Waals surface area contributed by atoms with E-state index >= 15 is 0 Å². The molecule has 2 amide bonds. The molecule has 0 atom stereocenters. The molecule has 4 rings (SSSR count). The van der Waals surface area contributed by atoms with E-state index in [1.807, 2.05) is 6.07 Å². The van der Waals surface area contributed by atoms with E-state index in [4.69, 9.17) is 27.6 Å². The molecular weight excluding hydrogens is 485 g/mol. The van der Waals surface area contributed by atoms with Crippen molar-refractivity contribution < 1.29 is 14.0 Å². The van der Waals surface area contributed by atoms with Crippen LogP contribution in [0.5, 0.6) is 0 Å². The quantitative estimate of drug-likeness (QED) is 0.515. The minimum Gasteiger partial charge on any atom is -0.467 e. The van der Waals surface area contributed by atoms with Gasteiger partial charge < -0.3 is 19.5 Å². The van der Waals surface area contributed by atoms with Gasteiger partial charge in [-0.2, -0.15) is 0 Å². The molecular formula is C22H23Cl2N5O3S. The number of piperazine rings is 1. The van der Waals surface area contributed by atoms with E-state index in [9.17, 15) is 9.59 Å². The lowest BCUT2D eigenvalue weighted by molar-refractivity contribution is -0.132. The Morgan fingerprint density at radius 1 is 1.18 bits per heavy atom. The first kappa shape index (κ1) is 23.6. The van der Waals surface area contributed by atoms with Gasteiger partial charge in [-0.05, 0) is 30.3 Å². The monoisotopic (exact) mass is 507 g/mol. The van der Waals surface area contributed by atoms with E-state index in [1.165, 1.54) is 11.3 Å². The van der Waals surface area contributed by atoms with Gasteiger partial charge in [-0.3, -0.25) is 14.5 Å². The van der Waals surface area contributed by atoms with Crippen molar-refractivity contribution >= 4 is 57.2 Å². The molecule has 8 nitrogen and oxygen atoms in total. The Morgan fingerprint density at radius 3 is 2.67 bits per heavy atom. The van der Waals surface area contributed by atoms with Crippen molar-refractivity contribution in [2.75, 3.05) is 45.1 Å². The molecule has 1 saturated heterocycles. The zero-order valence-corrected chi connectivity index (χ0v) is 20.3. The van der Waals surface area contributed by atoms with E-state index in [2.05, 4.69) is 15.2 Å². The molecule has 0 radical (unpaired) electrons. The van der Waals surface area contributed by atoms with Gasteiger partial charge in [0.2, 0.25) is 5.91 Å². The van der Waals surface area contributed by atoms with E-state index in [-0.39, 0.29) is 11.8 Å². The van der Waals surface area contributed by atoms with Crippen LogP contribution in [0.2, 0.25) is 10.0 Å². The van der Waals surface area contributed by atoms with Crippen LogP contribution in [0.15, 0.2) is 46.4 Å². The van der Waals surface area contributed by atoms with Gasteiger partial charge in [0.05, 0.1) is 29.4 Å². The number of rotatable bonds is 7. The highest BCUT2D eigenvalue weighted by molar-refractivity contribution is 7.14. The number of hydrogen-bond donors (Lipinski definition) is 1. The minimum atomic E-state index is -0.116. The number of thiazole rings is 1. The zero-order valence-electron chi connectivity index (χ0n) is 18.0. The second kappa shape index (κ2) is 10.6. The van der Waals surface area contributed by atoms with Crippen molar-refractivity contribution in [3.63, 3.8) is 0 Å². The smallest absolute Gasteiger partial charge is 0.273 e. The summed E-state index contributed by atoms with van der Waals surface area (Å²) in [6.07, 6.45) is 1.60. The van der Waals surface area contributed by atoms with E-state index in [1.54, 1.807) is 52.8 Å². The highest BCUT2D eigenvalue weighted by atomic mass is 35.5. The van der Waals surface area contributed by atoms with E-state index in [0.29, 0.717) is 60.1 Å². The molecule has 0 spiro atoms.